The van der Waals surface area contributed by atoms with E-state index in [9.17, 15) is 9.59 Å². The quantitative estimate of drug-likeness (QED) is 0.608. The summed E-state index contributed by atoms with van der Waals surface area (Å²) in [6.45, 7) is 3.19. The van der Waals surface area contributed by atoms with Gasteiger partial charge < -0.3 is 10.1 Å². The smallest absolute Gasteiger partial charge is 0.325 e. The minimum atomic E-state index is -0.448. The van der Waals surface area contributed by atoms with E-state index >= 15 is 0 Å². The van der Waals surface area contributed by atoms with Crippen LogP contribution in [0.25, 0.3) is 0 Å². The lowest BCUT2D eigenvalue weighted by Crippen LogP contribution is -2.54. The van der Waals surface area contributed by atoms with Crippen molar-refractivity contribution in [1.82, 2.24) is 10.2 Å². The Morgan fingerprint density at radius 2 is 2.29 bits per heavy atom. The molecule has 0 radical (unpaired) electrons. The predicted molar refractivity (Wildman–Crippen MR) is 48.7 cm³/mol. The van der Waals surface area contributed by atoms with Gasteiger partial charge in [-0.15, -0.1) is 0 Å². The van der Waals surface area contributed by atoms with E-state index in [2.05, 4.69) is 5.32 Å². The highest BCUT2D eigenvalue weighted by Gasteiger charge is 2.44. The van der Waals surface area contributed by atoms with Gasteiger partial charge in [0.05, 0.1) is 18.7 Å². The number of nitrogens with zero attached hydrogens (tertiary/aromatic N) is 1. The zero-order valence-electron chi connectivity index (χ0n) is 8.21. The van der Waals surface area contributed by atoms with E-state index in [0.717, 1.165) is 19.4 Å². The maximum atomic E-state index is 11.5. The summed E-state index contributed by atoms with van der Waals surface area (Å²) in [4.78, 5) is 24.2. The van der Waals surface area contributed by atoms with Crippen molar-refractivity contribution in [2.24, 2.45) is 0 Å². The minimum absolute atomic E-state index is 0.119. The van der Waals surface area contributed by atoms with E-state index in [0.29, 0.717) is 6.61 Å². The van der Waals surface area contributed by atoms with Gasteiger partial charge in [0, 0.05) is 6.61 Å². The second-order valence-electron chi connectivity index (χ2n) is 4.04. The van der Waals surface area contributed by atoms with E-state index in [1.54, 1.807) is 0 Å². The highest BCUT2D eigenvalue weighted by molar-refractivity contribution is 6.02. The Morgan fingerprint density at radius 1 is 1.50 bits per heavy atom. The summed E-state index contributed by atoms with van der Waals surface area (Å²) < 4.78 is 5.32. The van der Waals surface area contributed by atoms with E-state index < -0.39 is 5.54 Å². The summed E-state index contributed by atoms with van der Waals surface area (Å²) in [5.41, 5.74) is -0.448. The molecule has 78 valence electrons. The molecular weight excluding hydrogens is 184 g/mol. The van der Waals surface area contributed by atoms with Gasteiger partial charge in [0.25, 0.3) is 5.91 Å². The highest BCUT2D eigenvalue weighted by atomic mass is 16.5. The highest BCUT2D eigenvalue weighted by Crippen LogP contribution is 2.27. The molecule has 5 nitrogen and oxygen atoms in total. The van der Waals surface area contributed by atoms with Crippen LogP contribution >= 0.6 is 0 Å². The van der Waals surface area contributed by atoms with Crippen LogP contribution in [0.15, 0.2) is 0 Å². The number of urea groups is 1. The fourth-order valence-corrected chi connectivity index (χ4v) is 2.06. The Balaban J connectivity index is 2.18. The number of hydrogen-bond acceptors (Lipinski definition) is 3. The van der Waals surface area contributed by atoms with Gasteiger partial charge in [-0.3, -0.25) is 9.69 Å². The maximum Gasteiger partial charge on any atom is 0.325 e. The zero-order valence-corrected chi connectivity index (χ0v) is 8.21. The minimum Gasteiger partial charge on any atom is -0.379 e. The van der Waals surface area contributed by atoms with Crippen molar-refractivity contribution in [1.29, 1.82) is 0 Å². The number of ether oxygens (including phenoxy) is 1. The molecule has 5 heteroatoms. The van der Waals surface area contributed by atoms with E-state index in [-0.39, 0.29) is 18.5 Å². The molecule has 2 aliphatic rings. The third-order valence-corrected chi connectivity index (χ3v) is 2.80. The summed E-state index contributed by atoms with van der Waals surface area (Å²) in [7, 11) is 0. The van der Waals surface area contributed by atoms with Crippen molar-refractivity contribution in [3.63, 3.8) is 0 Å². The standard InChI is InChI=1S/C9H14N2O3/c1-9(3-2-4-14-6-9)11-7(12)5-10-8(11)13/h2-6H2,1H3,(H,10,13). The first-order valence-corrected chi connectivity index (χ1v) is 4.82. The fraction of sp³-hybridized carbons (Fsp3) is 0.778. The summed E-state index contributed by atoms with van der Waals surface area (Å²) in [5, 5.41) is 2.52. The molecule has 1 atom stereocenters. The van der Waals surface area contributed by atoms with Gasteiger partial charge in [0.15, 0.2) is 0 Å². The molecule has 2 heterocycles. The van der Waals surface area contributed by atoms with E-state index in [4.69, 9.17) is 4.74 Å². The summed E-state index contributed by atoms with van der Waals surface area (Å²) in [5.74, 6) is -0.150. The van der Waals surface area contributed by atoms with Crippen molar-refractivity contribution in [2.75, 3.05) is 19.8 Å². The van der Waals surface area contributed by atoms with Gasteiger partial charge in [-0.25, -0.2) is 4.79 Å². The third-order valence-electron chi connectivity index (χ3n) is 2.80. The Hall–Kier alpha value is -1.10. The number of imide groups is 1. The van der Waals surface area contributed by atoms with Crippen LogP contribution in [0.1, 0.15) is 19.8 Å². The topological polar surface area (TPSA) is 58.6 Å². The van der Waals surface area contributed by atoms with Gasteiger partial charge in [-0.05, 0) is 19.8 Å². The number of carbonyl (C=O) groups excluding carboxylic acids is 2. The monoisotopic (exact) mass is 198 g/mol. The van der Waals surface area contributed by atoms with Crippen LogP contribution in [0.4, 0.5) is 4.79 Å². The number of rotatable bonds is 1. The Kier molecular flexibility index (Phi) is 2.19. The molecular formula is C9H14N2O3. The first-order valence-electron chi connectivity index (χ1n) is 4.82. The molecule has 14 heavy (non-hydrogen) atoms. The van der Waals surface area contributed by atoms with Crippen LogP contribution in [-0.4, -0.2) is 42.1 Å². The van der Waals surface area contributed by atoms with Crippen LogP contribution in [0.2, 0.25) is 0 Å². The Labute approximate surface area is 82.4 Å². The average Bonchev–Trinajstić information content (AvgIpc) is 2.48. The molecule has 0 spiro atoms. The van der Waals surface area contributed by atoms with Gasteiger partial charge in [0.2, 0.25) is 0 Å². The molecule has 0 saturated carbocycles. The fourth-order valence-electron chi connectivity index (χ4n) is 2.06. The summed E-state index contributed by atoms with van der Waals surface area (Å²) in [6.07, 6.45) is 1.72. The first-order chi connectivity index (χ1) is 6.63. The normalized spacial score (nSPS) is 33.4. The Morgan fingerprint density at radius 3 is 2.79 bits per heavy atom. The number of hydrogen-bond donors (Lipinski definition) is 1. The van der Waals surface area contributed by atoms with Crippen LogP contribution in [0, 0.1) is 0 Å². The molecule has 2 rings (SSSR count). The van der Waals surface area contributed by atoms with Crippen molar-refractivity contribution in [3.8, 4) is 0 Å². The lowest BCUT2D eigenvalue weighted by molar-refractivity contribution is -0.133. The van der Waals surface area contributed by atoms with E-state index in [1.807, 2.05) is 6.92 Å². The molecule has 0 aliphatic carbocycles. The van der Waals surface area contributed by atoms with Crippen molar-refractivity contribution in [3.05, 3.63) is 0 Å². The Bertz CT molecular complexity index is 255. The van der Waals surface area contributed by atoms with Crippen molar-refractivity contribution >= 4 is 11.9 Å². The summed E-state index contributed by atoms with van der Waals surface area (Å²) >= 11 is 0. The lowest BCUT2D eigenvalue weighted by atomic mass is 9.93. The largest absolute Gasteiger partial charge is 0.379 e. The first kappa shape index (κ1) is 9.45. The zero-order chi connectivity index (χ0) is 10.2. The summed E-state index contributed by atoms with van der Waals surface area (Å²) in [6, 6.07) is -0.289. The maximum absolute atomic E-state index is 11.5. The molecule has 0 aromatic carbocycles. The molecule has 2 fully saturated rings. The number of amides is 3. The molecule has 2 saturated heterocycles. The van der Waals surface area contributed by atoms with Crippen LogP contribution in [0.5, 0.6) is 0 Å². The molecule has 0 aromatic heterocycles. The number of nitrogens with one attached hydrogen (secondary N) is 1. The third kappa shape index (κ3) is 1.37. The molecule has 1 N–H and O–H groups in total. The number of carbonyl (C=O) groups is 2. The second kappa shape index (κ2) is 3.24. The van der Waals surface area contributed by atoms with E-state index in [1.165, 1.54) is 4.90 Å². The SMILES string of the molecule is CC1(N2C(=O)CNC2=O)CCCOC1. The van der Waals surface area contributed by atoms with Crippen LogP contribution in [-0.2, 0) is 9.53 Å². The van der Waals surface area contributed by atoms with Crippen LogP contribution in [0.3, 0.4) is 0 Å². The predicted octanol–water partition coefficient (Wildman–Crippen LogP) is 0.107. The molecule has 0 bridgehead atoms. The average molecular weight is 198 g/mol. The lowest BCUT2D eigenvalue weighted by Gasteiger charge is -2.39. The van der Waals surface area contributed by atoms with Gasteiger partial charge in [-0.1, -0.05) is 0 Å². The molecule has 1 unspecified atom stereocenters. The van der Waals surface area contributed by atoms with Crippen LogP contribution < -0.4 is 5.32 Å². The molecule has 2 aliphatic heterocycles. The molecule has 0 aromatic rings. The van der Waals surface area contributed by atoms with Crippen molar-refractivity contribution in [2.45, 2.75) is 25.3 Å². The molecule has 3 amide bonds. The van der Waals surface area contributed by atoms with Gasteiger partial charge in [-0.2, -0.15) is 0 Å². The second-order valence-corrected chi connectivity index (χ2v) is 4.04. The van der Waals surface area contributed by atoms with Gasteiger partial charge in [0.1, 0.15) is 0 Å². The van der Waals surface area contributed by atoms with Gasteiger partial charge >= 0.3 is 6.03 Å². The van der Waals surface area contributed by atoms with Crippen molar-refractivity contribution < 1.29 is 14.3 Å².